The summed E-state index contributed by atoms with van der Waals surface area (Å²) in [5.74, 6) is -2.23. The van der Waals surface area contributed by atoms with Crippen molar-refractivity contribution in [1.82, 2.24) is 9.97 Å². The molecule has 0 amide bonds. The molecule has 2 heterocycles. The highest BCUT2D eigenvalue weighted by molar-refractivity contribution is 5.91. The summed E-state index contributed by atoms with van der Waals surface area (Å²) in [6.45, 7) is 0. The number of hydrogen-bond donors (Lipinski definition) is 0. The number of oxazole rings is 1. The Kier molecular flexibility index (Phi) is 3.89. The summed E-state index contributed by atoms with van der Waals surface area (Å²) in [6, 6.07) is 12.5. The van der Waals surface area contributed by atoms with Gasteiger partial charge in [0.2, 0.25) is 5.89 Å². The number of benzene rings is 2. The molecule has 0 aliphatic heterocycles. The number of aromatic nitrogens is 2. The SMILES string of the molecule is O=C(Oc1ccc2nc(-c3ccccn3)oc2c1)c1ccc(F)cc1F. The first-order chi connectivity index (χ1) is 12.6. The van der Waals surface area contributed by atoms with Crippen LogP contribution >= 0.6 is 0 Å². The second kappa shape index (κ2) is 6.36. The minimum Gasteiger partial charge on any atom is -0.435 e. The van der Waals surface area contributed by atoms with Gasteiger partial charge in [-0.2, -0.15) is 0 Å². The van der Waals surface area contributed by atoms with Gasteiger partial charge in [-0.1, -0.05) is 6.07 Å². The molecule has 0 saturated carbocycles. The van der Waals surface area contributed by atoms with Gasteiger partial charge in [0.15, 0.2) is 5.58 Å². The minimum atomic E-state index is -0.992. The van der Waals surface area contributed by atoms with Crippen LogP contribution in [0.4, 0.5) is 8.78 Å². The second-order valence-electron chi connectivity index (χ2n) is 5.38. The molecule has 5 nitrogen and oxygen atoms in total. The first-order valence-corrected chi connectivity index (χ1v) is 7.59. The van der Waals surface area contributed by atoms with Gasteiger partial charge in [-0.3, -0.25) is 4.98 Å². The standard InChI is InChI=1S/C19H10F2N2O3/c20-11-4-6-13(14(21)9-11)19(24)25-12-5-7-15-17(10-12)26-18(23-15)16-3-1-2-8-22-16/h1-10H. The van der Waals surface area contributed by atoms with Crippen molar-refractivity contribution in [2.45, 2.75) is 0 Å². The number of fused-ring (bicyclic) bond motifs is 1. The van der Waals surface area contributed by atoms with Gasteiger partial charge < -0.3 is 9.15 Å². The van der Waals surface area contributed by atoms with Crippen molar-refractivity contribution in [3.05, 3.63) is 78.0 Å². The van der Waals surface area contributed by atoms with Gasteiger partial charge in [0.25, 0.3) is 0 Å². The molecule has 0 radical (unpaired) electrons. The number of carbonyl (C=O) groups is 1. The van der Waals surface area contributed by atoms with Gasteiger partial charge in [-0.25, -0.2) is 18.6 Å². The summed E-state index contributed by atoms with van der Waals surface area (Å²) >= 11 is 0. The topological polar surface area (TPSA) is 65.2 Å². The van der Waals surface area contributed by atoms with E-state index in [1.54, 1.807) is 24.4 Å². The van der Waals surface area contributed by atoms with E-state index in [0.29, 0.717) is 28.8 Å². The molecule has 2 aromatic carbocycles. The molecule has 0 bridgehead atoms. The highest BCUT2D eigenvalue weighted by Crippen LogP contribution is 2.26. The molecule has 0 atom stereocenters. The van der Waals surface area contributed by atoms with Crippen molar-refractivity contribution in [2.24, 2.45) is 0 Å². The van der Waals surface area contributed by atoms with Crippen molar-refractivity contribution in [3.8, 4) is 17.3 Å². The maximum Gasteiger partial charge on any atom is 0.346 e. The van der Waals surface area contributed by atoms with E-state index in [1.807, 2.05) is 6.07 Å². The van der Waals surface area contributed by atoms with Crippen molar-refractivity contribution >= 4 is 17.1 Å². The van der Waals surface area contributed by atoms with Crippen LogP contribution in [0.2, 0.25) is 0 Å². The lowest BCUT2D eigenvalue weighted by molar-refractivity contribution is 0.0730. The lowest BCUT2D eigenvalue weighted by Crippen LogP contribution is -2.10. The summed E-state index contributed by atoms with van der Waals surface area (Å²) in [7, 11) is 0. The molecule has 4 rings (SSSR count). The van der Waals surface area contributed by atoms with Crippen molar-refractivity contribution < 1.29 is 22.7 Å². The maximum absolute atomic E-state index is 13.7. The van der Waals surface area contributed by atoms with Crippen LogP contribution in [-0.4, -0.2) is 15.9 Å². The Bertz CT molecular complexity index is 1110. The van der Waals surface area contributed by atoms with E-state index in [9.17, 15) is 13.6 Å². The van der Waals surface area contributed by atoms with Gasteiger partial charge in [0.05, 0.1) is 5.56 Å². The number of pyridine rings is 1. The first kappa shape index (κ1) is 15.9. The van der Waals surface area contributed by atoms with Gasteiger partial charge in [0.1, 0.15) is 28.6 Å². The van der Waals surface area contributed by atoms with Gasteiger partial charge in [0, 0.05) is 18.3 Å². The molecular weight excluding hydrogens is 342 g/mol. The molecule has 26 heavy (non-hydrogen) atoms. The zero-order chi connectivity index (χ0) is 18.1. The Morgan fingerprint density at radius 1 is 1.04 bits per heavy atom. The fourth-order valence-corrected chi connectivity index (χ4v) is 2.38. The molecule has 4 aromatic rings. The van der Waals surface area contributed by atoms with E-state index in [1.165, 1.54) is 12.1 Å². The Hall–Kier alpha value is -3.61. The van der Waals surface area contributed by atoms with Crippen LogP contribution in [0.5, 0.6) is 5.75 Å². The monoisotopic (exact) mass is 352 g/mol. The number of hydrogen-bond acceptors (Lipinski definition) is 5. The molecule has 0 unspecified atom stereocenters. The molecular formula is C19H10F2N2O3. The third-order valence-electron chi connectivity index (χ3n) is 3.61. The van der Waals surface area contributed by atoms with E-state index >= 15 is 0 Å². The van der Waals surface area contributed by atoms with Gasteiger partial charge in [-0.15, -0.1) is 0 Å². The average Bonchev–Trinajstić information content (AvgIpc) is 3.05. The fourth-order valence-electron chi connectivity index (χ4n) is 2.38. The number of ether oxygens (including phenoxy) is 1. The predicted molar refractivity (Wildman–Crippen MR) is 88.6 cm³/mol. The van der Waals surface area contributed by atoms with E-state index in [2.05, 4.69) is 9.97 Å². The normalized spacial score (nSPS) is 10.8. The second-order valence-corrected chi connectivity index (χ2v) is 5.38. The Morgan fingerprint density at radius 2 is 1.92 bits per heavy atom. The predicted octanol–water partition coefficient (Wildman–Crippen LogP) is 4.39. The molecule has 0 aliphatic carbocycles. The van der Waals surface area contributed by atoms with Crippen molar-refractivity contribution in [1.29, 1.82) is 0 Å². The molecule has 7 heteroatoms. The van der Waals surface area contributed by atoms with Gasteiger partial charge >= 0.3 is 5.97 Å². The number of esters is 1. The van der Waals surface area contributed by atoms with Crippen LogP contribution in [0.25, 0.3) is 22.7 Å². The summed E-state index contributed by atoms with van der Waals surface area (Å²) in [5, 5.41) is 0. The van der Waals surface area contributed by atoms with E-state index in [-0.39, 0.29) is 11.3 Å². The average molecular weight is 352 g/mol. The molecule has 128 valence electrons. The largest absolute Gasteiger partial charge is 0.435 e. The number of nitrogens with zero attached hydrogens (tertiary/aromatic N) is 2. The number of carbonyl (C=O) groups excluding carboxylic acids is 1. The smallest absolute Gasteiger partial charge is 0.346 e. The Morgan fingerprint density at radius 3 is 2.69 bits per heavy atom. The number of rotatable bonds is 3. The lowest BCUT2D eigenvalue weighted by atomic mass is 10.2. The van der Waals surface area contributed by atoms with Crippen molar-refractivity contribution in [2.75, 3.05) is 0 Å². The molecule has 0 fully saturated rings. The van der Waals surface area contributed by atoms with E-state index < -0.39 is 17.6 Å². The van der Waals surface area contributed by atoms with Crippen molar-refractivity contribution in [3.63, 3.8) is 0 Å². The van der Waals surface area contributed by atoms with Crippen LogP contribution in [0, 0.1) is 11.6 Å². The molecule has 0 spiro atoms. The van der Waals surface area contributed by atoms with Crippen LogP contribution in [-0.2, 0) is 0 Å². The summed E-state index contributed by atoms with van der Waals surface area (Å²) in [4.78, 5) is 20.5. The molecule has 0 aliphatic rings. The molecule has 2 aromatic heterocycles. The molecule has 0 N–H and O–H groups in total. The summed E-state index contributed by atoms with van der Waals surface area (Å²) in [6.07, 6.45) is 1.62. The summed E-state index contributed by atoms with van der Waals surface area (Å²) < 4.78 is 37.4. The van der Waals surface area contributed by atoms with E-state index in [0.717, 1.165) is 12.1 Å². The third-order valence-corrected chi connectivity index (χ3v) is 3.61. The fraction of sp³-hybridized carbons (Fsp3) is 0. The summed E-state index contributed by atoms with van der Waals surface area (Å²) in [5.41, 5.74) is 1.14. The highest BCUT2D eigenvalue weighted by Gasteiger charge is 2.16. The van der Waals surface area contributed by atoms with Gasteiger partial charge in [-0.05, 0) is 36.4 Å². The Labute approximate surface area is 145 Å². The first-order valence-electron chi connectivity index (χ1n) is 7.59. The maximum atomic E-state index is 13.7. The third kappa shape index (κ3) is 3.02. The lowest BCUT2D eigenvalue weighted by Gasteiger charge is -2.05. The zero-order valence-electron chi connectivity index (χ0n) is 13.1. The molecule has 0 saturated heterocycles. The highest BCUT2D eigenvalue weighted by atomic mass is 19.1. The van der Waals surface area contributed by atoms with Crippen LogP contribution in [0.1, 0.15) is 10.4 Å². The minimum absolute atomic E-state index is 0.148. The van der Waals surface area contributed by atoms with Crippen LogP contribution < -0.4 is 4.74 Å². The van der Waals surface area contributed by atoms with Crippen LogP contribution in [0.3, 0.4) is 0 Å². The number of halogens is 2. The Balaban J connectivity index is 1.62. The van der Waals surface area contributed by atoms with Crippen LogP contribution in [0.15, 0.2) is 65.2 Å². The quantitative estimate of drug-likeness (QED) is 0.404. The zero-order valence-corrected chi connectivity index (χ0v) is 13.1. The van der Waals surface area contributed by atoms with E-state index in [4.69, 9.17) is 9.15 Å².